The van der Waals surface area contributed by atoms with Crippen LogP contribution >= 0.6 is 0 Å². The first kappa shape index (κ1) is 18.7. The summed E-state index contributed by atoms with van der Waals surface area (Å²) in [6.07, 6.45) is 3.36. The Morgan fingerprint density at radius 2 is 1.79 bits per heavy atom. The number of hydrogen-bond acceptors (Lipinski definition) is 2. The average Bonchev–Trinajstić information content (AvgIpc) is 2.83. The maximum atomic E-state index is 4.83. The van der Waals surface area contributed by atoms with Gasteiger partial charge in [-0.2, -0.15) is 5.10 Å². The van der Waals surface area contributed by atoms with Crippen molar-refractivity contribution in [3.63, 3.8) is 0 Å². The molecule has 0 radical (unpaired) electrons. The van der Waals surface area contributed by atoms with Crippen molar-refractivity contribution < 1.29 is 0 Å². The Hall–Kier alpha value is -1.61. The summed E-state index contributed by atoms with van der Waals surface area (Å²) >= 11 is 0. The monoisotopic (exact) mass is 327 g/mol. The van der Waals surface area contributed by atoms with Gasteiger partial charge >= 0.3 is 0 Å². The van der Waals surface area contributed by atoms with Gasteiger partial charge < -0.3 is 5.32 Å². The molecule has 24 heavy (non-hydrogen) atoms. The Labute approximate surface area is 147 Å². The Kier molecular flexibility index (Phi) is 6.22. The van der Waals surface area contributed by atoms with Crippen LogP contribution in [0.4, 0.5) is 0 Å². The number of nitrogens with zero attached hydrogens (tertiary/aromatic N) is 2. The molecule has 0 fully saturated rings. The highest BCUT2D eigenvalue weighted by Gasteiger charge is 2.30. The van der Waals surface area contributed by atoms with Crippen LogP contribution in [0.15, 0.2) is 30.3 Å². The molecule has 1 aromatic heterocycles. The van der Waals surface area contributed by atoms with Crippen LogP contribution in [-0.4, -0.2) is 21.9 Å². The lowest BCUT2D eigenvalue weighted by Crippen LogP contribution is -2.47. The lowest BCUT2D eigenvalue weighted by atomic mass is 9.80. The van der Waals surface area contributed by atoms with Gasteiger partial charge in [0.1, 0.15) is 0 Å². The van der Waals surface area contributed by atoms with Gasteiger partial charge in [-0.3, -0.25) is 0 Å². The van der Waals surface area contributed by atoms with E-state index in [1.165, 1.54) is 17.7 Å². The quantitative estimate of drug-likeness (QED) is 0.752. The van der Waals surface area contributed by atoms with Crippen molar-refractivity contribution in [3.05, 3.63) is 47.3 Å². The predicted molar refractivity (Wildman–Crippen MR) is 103 cm³/mol. The molecule has 2 rings (SSSR count). The normalized spacial score (nSPS) is 14.1. The summed E-state index contributed by atoms with van der Waals surface area (Å²) in [5.74, 6) is 0.675. The van der Waals surface area contributed by atoms with E-state index in [2.05, 4.69) is 75.8 Å². The van der Waals surface area contributed by atoms with Crippen LogP contribution in [0.25, 0.3) is 5.69 Å². The Balaban J connectivity index is 2.39. The van der Waals surface area contributed by atoms with E-state index >= 15 is 0 Å². The lowest BCUT2D eigenvalue weighted by molar-refractivity contribution is 0.259. The van der Waals surface area contributed by atoms with E-state index in [0.29, 0.717) is 5.92 Å². The summed E-state index contributed by atoms with van der Waals surface area (Å²) in [5.41, 5.74) is 5.10. The third kappa shape index (κ3) is 4.07. The van der Waals surface area contributed by atoms with Crippen molar-refractivity contribution in [1.29, 1.82) is 0 Å². The first-order valence-corrected chi connectivity index (χ1v) is 9.28. The highest BCUT2D eigenvalue weighted by molar-refractivity contribution is 5.37. The molecule has 0 saturated carbocycles. The van der Waals surface area contributed by atoms with Crippen molar-refractivity contribution >= 4 is 0 Å². The molecule has 3 heteroatoms. The first-order chi connectivity index (χ1) is 11.4. The van der Waals surface area contributed by atoms with Crippen molar-refractivity contribution in [1.82, 2.24) is 15.1 Å². The van der Waals surface area contributed by atoms with Gasteiger partial charge in [0.15, 0.2) is 0 Å². The second-order valence-electron chi connectivity index (χ2n) is 7.34. The zero-order chi connectivity index (χ0) is 17.7. The molecular formula is C21H33N3. The van der Waals surface area contributed by atoms with Gasteiger partial charge in [0.05, 0.1) is 11.4 Å². The molecule has 1 unspecified atom stereocenters. The number of hydrogen-bond donors (Lipinski definition) is 1. The summed E-state index contributed by atoms with van der Waals surface area (Å²) in [6.45, 7) is 14.5. The summed E-state index contributed by atoms with van der Waals surface area (Å²) in [5, 5.41) is 8.62. The van der Waals surface area contributed by atoms with Gasteiger partial charge in [-0.1, -0.05) is 45.9 Å². The van der Waals surface area contributed by atoms with Crippen LogP contribution in [0.5, 0.6) is 0 Å². The van der Waals surface area contributed by atoms with E-state index in [1.54, 1.807) is 0 Å². The zero-order valence-electron chi connectivity index (χ0n) is 16.2. The van der Waals surface area contributed by atoms with Crippen LogP contribution < -0.4 is 5.32 Å². The van der Waals surface area contributed by atoms with Crippen LogP contribution in [0.2, 0.25) is 0 Å². The number of nitrogens with one attached hydrogen (secondary N) is 1. The molecule has 3 nitrogen and oxygen atoms in total. The number of para-hydroxylation sites is 1. The summed E-state index contributed by atoms with van der Waals surface area (Å²) in [7, 11) is 0. The van der Waals surface area contributed by atoms with E-state index in [4.69, 9.17) is 5.10 Å². The number of likely N-dealkylation sites (N-methyl/N-ethyl adjacent to an activating group) is 1. The van der Waals surface area contributed by atoms with Crippen molar-refractivity contribution in [3.8, 4) is 5.69 Å². The fourth-order valence-electron chi connectivity index (χ4n) is 3.85. The maximum Gasteiger partial charge on any atom is 0.0648 e. The zero-order valence-corrected chi connectivity index (χ0v) is 16.2. The van der Waals surface area contributed by atoms with Gasteiger partial charge in [-0.25, -0.2) is 4.68 Å². The predicted octanol–water partition coefficient (Wildman–Crippen LogP) is 4.84. The third-order valence-electron chi connectivity index (χ3n) is 4.98. The third-order valence-corrected chi connectivity index (χ3v) is 4.98. The number of rotatable bonds is 8. The lowest BCUT2D eigenvalue weighted by Gasteiger charge is -2.36. The molecule has 132 valence electrons. The van der Waals surface area contributed by atoms with Gasteiger partial charge in [0.25, 0.3) is 0 Å². The Morgan fingerprint density at radius 1 is 1.12 bits per heavy atom. The molecule has 1 atom stereocenters. The van der Waals surface area contributed by atoms with Gasteiger partial charge in [-0.05, 0) is 63.3 Å². The standard InChI is InChI=1S/C21H33N3/c1-7-21(22-8-2,14-16(3)4)15-20-17(5)23-24(18(20)6)19-12-10-9-11-13-19/h9-13,16,22H,7-8,14-15H2,1-6H3. The molecule has 0 aliphatic rings. The van der Waals surface area contributed by atoms with E-state index in [-0.39, 0.29) is 5.54 Å². The number of aryl methyl sites for hydroxylation is 1. The van der Waals surface area contributed by atoms with E-state index in [9.17, 15) is 0 Å². The molecule has 0 spiro atoms. The van der Waals surface area contributed by atoms with E-state index < -0.39 is 0 Å². The minimum absolute atomic E-state index is 0.156. The van der Waals surface area contributed by atoms with Crippen molar-refractivity contribution in [2.45, 2.75) is 66.3 Å². The van der Waals surface area contributed by atoms with Crippen molar-refractivity contribution in [2.75, 3.05) is 6.54 Å². The molecule has 1 aromatic carbocycles. The molecule has 0 saturated heterocycles. The minimum Gasteiger partial charge on any atom is -0.311 e. The van der Waals surface area contributed by atoms with E-state index in [0.717, 1.165) is 30.8 Å². The second kappa shape index (κ2) is 7.98. The minimum atomic E-state index is 0.156. The summed E-state index contributed by atoms with van der Waals surface area (Å²) in [6, 6.07) is 10.4. The molecular weight excluding hydrogens is 294 g/mol. The molecule has 1 N–H and O–H groups in total. The molecule has 0 bridgehead atoms. The van der Waals surface area contributed by atoms with E-state index in [1.807, 2.05) is 6.07 Å². The van der Waals surface area contributed by atoms with Crippen LogP contribution in [0.1, 0.15) is 57.5 Å². The summed E-state index contributed by atoms with van der Waals surface area (Å²) in [4.78, 5) is 0. The first-order valence-electron chi connectivity index (χ1n) is 9.28. The van der Waals surface area contributed by atoms with Crippen LogP contribution in [0.3, 0.4) is 0 Å². The molecule has 2 aromatic rings. The molecule has 1 heterocycles. The molecule has 0 aliphatic heterocycles. The number of benzene rings is 1. The van der Waals surface area contributed by atoms with Crippen molar-refractivity contribution in [2.24, 2.45) is 5.92 Å². The van der Waals surface area contributed by atoms with Gasteiger partial charge in [0, 0.05) is 11.2 Å². The summed E-state index contributed by atoms with van der Waals surface area (Å²) < 4.78 is 2.09. The fourth-order valence-corrected chi connectivity index (χ4v) is 3.85. The number of aromatic nitrogens is 2. The van der Waals surface area contributed by atoms with Crippen LogP contribution in [-0.2, 0) is 6.42 Å². The Bertz CT molecular complexity index is 643. The topological polar surface area (TPSA) is 29.9 Å². The SMILES string of the molecule is CCNC(CC)(Cc1c(C)nn(-c2ccccc2)c1C)CC(C)C. The van der Waals surface area contributed by atoms with Gasteiger partial charge in [0.2, 0.25) is 0 Å². The maximum absolute atomic E-state index is 4.83. The van der Waals surface area contributed by atoms with Crippen LogP contribution in [0, 0.1) is 19.8 Å². The second-order valence-corrected chi connectivity index (χ2v) is 7.34. The largest absolute Gasteiger partial charge is 0.311 e. The Morgan fingerprint density at radius 3 is 2.33 bits per heavy atom. The molecule has 0 aliphatic carbocycles. The highest BCUT2D eigenvalue weighted by Crippen LogP contribution is 2.29. The van der Waals surface area contributed by atoms with Gasteiger partial charge in [-0.15, -0.1) is 0 Å². The average molecular weight is 328 g/mol. The fraction of sp³-hybridized carbons (Fsp3) is 0.571. The molecule has 0 amide bonds. The smallest absolute Gasteiger partial charge is 0.0648 e. The highest BCUT2D eigenvalue weighted by atomic mass is 15.3.